The monoisotopic (exact) mass is 312 g/mol. The number of piperidine rings is 2. The van der Waals surface area contributed by atoms with Gasteiger partial charge in [-0.3, -0.25) is 0 Å². The van der Waals surface area contributed by atoms with Crippen LogP contribution in [0.3, 0.4) is 0 Å². The predicted octanol–water partition coefficient (Wildman–Crippen LogP) is 3.20. The Morgan fingerprint density at radius 2 is 2.00 bits per heavy atom. The van der Waals surface area contributed by atoms with Gasteiger partial charge in [-0.25, -0.2) is 4.98 Å². The molecule has 0 radical (unpaired) electrons. The number of imidazole rings is 1. The molecule has 0 aliphatic carbocycles. The van der Waals surface area contributed by atoms with Crippen LogP contribution in [0.4, 0.5) is 0 Å². The highest BCUT2D eigenvalue weighted by Crippen LogP contribution is 2.29. The first-order valence-electron chi connectivity index (χ1n) is 9.09. The van der Waals surface area contributed by atoms with Crippen LogP contribution in [0.1, 0.15) is 55.8 Å². The second-order valence-electron chi connectivity index (χ2n) is 7.61. The molecule has 2 atom stereocenters. The Bertz CT molecular complexity index is 641. The molecule has 4 rings (SSSR count). The summed E-state index contributed by atoms with van der Waals surface area (Å²) >= 11 is 0. The summed E-state index contributed by atoms with van der Waals surface area (Å²) in [4.78, 5) is 7.37. The zero-order valence-corrected chi connectivity index (χ0v) is 14.3. The van der Waals surface area contributed by atoms with Crippen molar-refractivity contribution in [1.82, 2.24) is 19.6 Å². The smallest absolute Gasteiger partial charge is 0.137 e. The van der Waals surface area contributed by atoms with Gasteiger partial charge in [-0.15, -0.1) is 0 Å². The molecule has 2 aromatic rings. The average Bonchev–Trinajstić information content (AvgIpc) is 2.99. The van der Waals surface area contributed by atoms with Crippen LogP contribution in [0.2, 0.25) is 0 Å². The minimum Gasteiger partial charge on any atom is -0.310 e. The number of nitrogens with one attached hydrogen (secondary N) is 1. The second-order valence-corrected chi connectivity index (χ2v) is 7.61. The number of likely N-dealkylation sites (tertiary alicyclic amines) is 1. The van der Waals surface area contributed by atoms with E-state index in [1.165, 1.54) is 50.0 Å². The topological polar surface area (TPSA) is 32.6 Å². The van der Waals surface area contributed by atoms with Crippen LogP contribution in [0.5, 0.6) is 0 Å². The van der Waals surface area contributed by atoms with Gasteiger partial charge in [0.05, 0.1) is 5.69 Å². The van der Waals surface area contributed by atoms with Gasteiger partial charge in [0.25, 0.3) is 0 Å². The van der Waals surface area contributed by atoms with E-state index >= 15 is 0 Å². The zero-order valence-electron chi connectivity index (χ0n) is 14.3. The van der Waals surface area contributed by atoms with E-state index in [0.29, 0.717) is 12.0 Å². The van der Waals surface area contributed by atoms with Crippen molar-refractivity contribution in [2.75, 3.05) is 26.7 Å². The maximum atomic E-state index is 4.95. The molecule has 124 valence electrons. The Morgan fingerprint density at radius 1 is 1.17 bits per heavy atom. The molecule has 1 N–H and O–H groups in total. The van der Waals surface area contributed by atoms with Gasteiger partial charge in [0.2, 0.25) is 0 Å². The Kier molecular flexibility index (Phi) is 4.12. The van der Waals surface area contributed by atoms with Gasteiger partial charge in [-0.05, 0) is 76.0 Å². The standard InChI is InChI=1S/C19H28N4/c1-14-3-4-17(20-12-14)16-7-10-23-13-18(21-19(23)11-16)15-5-8-22(2)9-6-15/h7,10-11,13-15,17,20H,3-6,8-9,12H2,1-2H3/t14-,17+/m0/s1. The summed E-state index contributed by atoms with van der Waals surface area (Å²) in [5.41, 5.74) is 3.78. The SMILES string of the molecule is C[C@H]1CC[C@H](c2ccn3cc(C4CCN(C)CC4)nc3c2)NC1. The fourth-order valence-electron chi connectivity index (χ4n) is 4.02. The van der Waals surface area contributed by atoms with Crippen molar-refractivity contribution in [2.45, 2.75) is 44.6 Å². The molecule has 2 aliphatic heterocycles. The van der Waals surface area contributed by atoms with Crippen LogP contribution in [-0.2, 0) is 0 Å². The normalized spacial score (nSPS) is 27.6. The molecule has 2 saturated heterocycles. The predicted molar refractivity (Wildman–Crippen MR) is 93.8 cm³/mol. The average molecular weight is 312 g/mol. The Balaban J connectivity index is 1.55. The summed E-state index contributed by atoms with van der Waals surface area (Å²) in [6.45, 7) is 5.84. The quantitative estimate of drug-likeness (QED) is 0.924. The number of rotatable bonds is 2. The minimum atomic E-state index is 0.500. The van der Waals surface area contributed by atoms with Crippen LogP contribution in [-0.4, -0.2) is 41.0 Å². The van der Waals surface area contributed by atoms with Crippen molar-refractivity contribution in [3.05, 3.63) is 35.8 Å². The van der Waals surface area contributed by atoms with Crippen molar-refractivity contribution < 1.29 is 0 Å². The molecule has 4 heterocycles. The fraction of sp³-hybridized carbons (Fsp3) is 0.632. The van der Waals surface area contributed by atoms with Gasteiger partial charge in [-0.1, -0.05) is 6.92 Å². The van der Waals surface area contributed by atoms with Gasteiger partial charge < -0.3 is 14.6 Å². The van der Waals surface area contributed by atoms with E-state index in [0.717, 1.165) is 18.1 Å². The van der Waals surface area contributed by atoms with Gasteiger partial charge in [-0.2, -0.15) is 0 Å². The van der Waals surface area contributed by atoms with Gasteiger partial charge in [0.15, 0.2) is 0 Å². The number of fused-ring (bicyclic) bond motifs is 1. The first-order valence-corrected chi connectivity index (χ1v) is 9.09. The van der Waals surface area contributed by atoms with Crippen LogP contribution >= 0.6 is 0 Å². The van der Waals surface area contributed by atoms with Crippen molar-refractivity contribution in [3.63, 3.8) is 0 Å². The third-order valence-corrected chi connectivity index (χ3v) is 5.70. The second kappa shape index (κ2) is 6.25. The molecule has 0 unspecified atom stereocenters. The Labute approximate surface area is 138 Å². The molecule has 0 spiro atoms. The van der Waals surface area contributed by atoms with E-state index in [1.54, 1.807) is 0 Å². The third kappa shape index (κ3) is 3.15. The molecule has 4 heteroatoms. The third-order valence-electron chi connectivity index (χ3n) is 5.70. The molecule has 2 aliphatic rings. The highest BCUT2D eigenvalue weighted by Gasteiger charge is 2.22. The number of hydrogen-bond donors (Lipinski definition) is 1. The highest BCUT2D eigenvalue weighted by molar-refractivity contribution is 5.44. The van der Waals surface area contributed by atoms with E-state index in [4.69, 9.17) is 4.98 Å². The summed E-state index contributed by atoms with van der Waals surface area (Å²) in [5, 5.41) is 3.68. The molecular weight excluding hydrogens is 284 g/mol. The number of hydrogen-bond acceptors (Lipinski definition) is 3. The van der Waals surface area contributed by atoms with Crippen LogP contribution in [0.15, 0.2) is 24.5 Å². The first-order chi connectivity index (χ1) is 11.2. The lowest BCUT2D eigenvalue weighted by Crippen LogP contribution is -2.31. The Morgan fingerprint density at radius 3 is 2.74 bits per heavy atom. The molecular formula is C19H28N4. The molecule has 2 fully saturated rings. The first kappa shape index (κ1) is 15.2. The summed E-state index contributed by atoms with van der Waals surface area (Å²) in [5.74, 6) is 1.43. The maximum absolute atomic E-state index is 4.95. The molecule has 0 saturated carbocycles. The van der Waals surface area contributed by atoms with Crippen molar-refractivity contribution in [1.29, 1.82) is 0 Å². The lowest BCUT2D eigenvalue weighted by atomic mass is 9.92. The van der Waals surface area contributed by atoms with Gasteiger partial charge in [0.1, 0.15) is 5.65 Å². The zero-order chi connectivity index (χ0) is 15.8. The molecule has 0 bridgehead atoms. The molecule has 0 aromatic carbocycles. The lowest BCUT2D eigenvalue weighted by molar-refractivity contribution is 0.253. The van der Waals surface area contributed by atoms with E-state index < -0.39 is 0 Å². The highest BCUT2D eigenvalue weighted by atomic mass is 15.1. The maximum Gasteiger partial charge on any atom is 0.137 e. The minimum absolute atomic E-state index is 0.500. The summed E-state index contributed by atoms with van der Waals surface area (Å²) in [6.07, 6.45) is 9.45. The van der Waals surface area contributed by atoms with Crippen LogP contribution in [0, 0.1) is 5.92 Å². The van der Waals surface area contributed by atoms with Gasteiger partial charge >= 0.3 is 0 Å². The van der Waals surface area contributed by atoms with Crippen LogP contribution in [0.25, 0.3) is 5.65 Å². The lowest BCUT2D eigenvalue weighted by Gasteiger charge is -2.28. The number of aromatic nitrogens is 2. The molecule has 2 aromatic heterocycles. The van der Waals surface area contributed by atoms with Crippen molar-refractivity contribution >= 4 is 5.65 Å². The number of pyridine rings is 1. The van der Waals surface area contributed by atoms with Gasteiger partial charge in [0, 0.05) is 24.4 Å². The molecule has 0 amide bonds. The largest absolute Gasteiger partial charge is 0.310 e. The Hall–Kier alpha value is -1.39. The van der Waals surface area contributed by atoms with E-state index in [9.17, 15) is 0 Å². The summed E-state index contributed by atoms with van der Waals surface area (Å²) in [7, 11) is 2.21. The summed E-state index contributed by atoms with van der Waals surface area (Å²) < 4.78 is 2.20. The van der Waals surface area contributed by atoms with E-state index in [1.807, 2.05) is 0 Å². The van der Waals surface area contributed by atoms with E-state index in [2.05, 4.69) is 53.1 Å². The van der Waals surface area contributed by atoms with Crippen molar-refractivity contribution in [2.24, 2.45) is 5.92 Å². The summed E-state index contributed by atoms with van der Waals surface area (Å²) in [6, 6.07) is 5.05. The fourth-order valence-corrected chi connectivity index (χ4v) is 4.02. The molecule has 23 heavy (non-hydrogen) atoms. The number of nitrogens with zero attached hydrogens (tertiary/aromatic N) is 3. The van der Waals surface area contributed by atoms with E-state index in [-0.39, 0.29) is 0 Å². The van der Waals surface area contributed by atoms with Crippen molar-refractivity contribution in [3.8, 4) is 0 Å². The van der Waals surface area contributed by atoms with Crippen LogP contribution < -0.4 is 5.32 Å². The molecule has 4 nitrogen and oxygen atoms in total.